The molecular formula is C19H14ClNO2. The van der Waals surface area contributed by atoms with Crippen molar-refractivity contribution in [3.05, 3.63) is 76.9 Å². The molecule has 0 aliphatic carbocycles. The van der Waals surface area contributed by atoms with Crippen LogP contribution < -0.4 is 0 Å². The van der Waals surface area contributed by atoms with Crippen LogP contribution in [-0.4, -0.2) is 16.6 Å². The van der Waals surface area contributed by atoms with E-state index in [1.54, 1.807) is 24.3 Å². The standard InChI is InChI=1S/C19H14ClNO2/c20-15-8-5-14(6-9-15)19(23)12-17(22)11-16-10-7-13-3-1-2-4-18(13)21-16/h1-10H,11-12H2. The van der Waals surface area contributed by atoms with E-state index < -0.39 is 0 Å². The third kappa shape index (κ3) is 3.82. The Labute approximate surface area is 138 Å². The largest absolute Gasteiger partial charge is 0.299 e. The second kappa shape index (κ2) is 6.71. The highest BCUT2D eigenvalue weighted by Gasteiger charge is 2.13. The van der Waals surface area contributed by atoms with E-state index in [-0.39, 0.29) is 24.4 Å². The van der Waals surface area contributed by atoms with Crippen molar-refractivity contribution in [1.29, 1.82) is 0 Å². The van der Waals surface area contributed by atoms with Crippen molar-refractivity contribution >= 4 is 34.1 Å². The molecule has 1 aromatic heterocycles. The number of pyridine rings is 1. The number of benzene rings is 2. The van der Waals surface area contributed by atoms with Crippen LogP contribution in [0.4, 0.5) is 0 Å². The molecule has 0 amide bonds. The van der Waals surface area contributed by atoms with Crippen LogP contribution in [0.15, 0.2) is 60.7 Å². The summed E-state index contributed by atoms with van der Waals surface area (Å²) in [5, 5.41) is 1.59. The van der Waals surface area contributed by atoms with Gasteiger partial charge in [0, 0.05) is 28.1 Å². The van der Waals surface area contributed by atoms with Crippen LogP contribution in [0.25, 0.3) is 10.9 Å². The quantitative estimate of drug-likeness (QED) is 0.520. The van der Waals surface area contributed by atoms with Gasteiger partial charge in [-0.15, -0.1) is 0 Å². The summed E-state index contributed by atoms with van der Waals surface area (Å²) in [5.74, 6) is -0.347. The van der Waals surface area contributed by atoms with Crippen molar-refractivity contribution in [3.63, 3.8) is 0 Å². The van der Waals surface area contributed by atoms with Crippen molar-refractivity contribution < 1.29 is 9.59 Å². The highest BCUT2D eigenvalue weighted by atomic mass is 35.5. The van der Waals surface area contributed by atoms with Gasteiger partial charge in [0.15, 0.2) is 5.78 Å². The molecule has 0 atom stereocenters. The summed E-state index contributed by atoms with van der Waals surface area (Å²) in [7, 11) is 0. The molecule has 1 heterocycles. The molecule has 0 bridgehead atoms. The first-order valence-electron chi connectivity index (χ1n) is 7.27. The van der Waals surface area contributed by atoms with Crippen LogP contribution in [0.3, 0.4) is 0 Å². The maximum atomic E-state index is 12.1. The fourth-order valence-electron chi connectivity index (χ4n) is 2.39. The summed E-state index contributed by atoms with van der Waals surface area (Å²) in [6.45, 7) is 0. The van der Waals surface area contributed by atoms with E-state index in [9.17, 15) is 9.59 Å². The third-order valence-corrected chi connectivity index (χ3v) is 3.81. The van der Waals surface area contributed by atoms with Crippen molar-refractivity contribution in [2.75, 3.05) is 0 Å². The van der Waals surface area contributed by atoms with Gasteiger partial charge >= 0.3 is 0 Å². The zero-order valence-electron chi connectivity index (χ0n) is 12.3. The number of ketones is 2. The molecule has 0 saturated carbocycles. The van der Waals surface area contributed by atoms with Crippen LogP contribution in [-0.2, 0) is 11.2 Å². The number of Topliss-reactive ketones (excluding diaryl/α,β-unsaturated/α-hetero) is 2. The van der Waals surface area contributed by atoms with E-state index in [0.29, 0.717) is 16.3 Å². The Morgan fingerprint density at radius 3 is 2.43 bits per heavy atom. The first kappa shape index (κ1) is 15.4. The molecule has 3 aromatic rings. The van der Waals surface area contributed by atoms with Crippen LogP contribution in [0.2, 0.25) is 5.02 Å². The van der Waals surface area contributed by atoms with Gasteiger partial charge in [0.1, 0.15) is 5.78 Å². The zero-order chi connectivity index (χ0) is 16.2. The Kier molecular flexibility index (Phi) is 4.49. The number of fused-ring (bicyclic) bond motifs is 1. The molecule has 0 spiro atoms. The number of halogens is 1. The monoisotopic (exact) mass is 323 g/mol. The van der Waals surface area contributed by atoms with Gasteiger partial charge < -0.3 is 0 Å². The Morgan fingerprint density at radius 1 is 0.913 bits per heavy atom. The molecular weight excluding hydrogens is 310 g/mol. The van der Waals surface area contributed by atoms with E-state index in [1.807, 2.05) is 36.4 Å². The lowest BCUT2D eigenvalue weighted by Gasteiger charge is -2.03. The van der Waals surface area contributed by atoms with Gasteiger partial charge in [-0.2, -0.15) is 0 Å². The van der Waals surface area contributed by atoms with E-state index in [2.05, 4.69) is 4.98 Å². The predicted molar refractivity (Wildman–Crippen MR) is 90.9 cm³/mol. The van der Waals surface area contributed by atoms with Gasteiger partial charge in [0.05, 0.1) is 11.9 Å². The van der Waals surface area contributed by atoms with E-state index in [0.717, 1.165) is 10.9 Å². The van der Waals surface area contributed by atoms with Gasteiger partial charge in [0.2, 0.25) is 0 Å². The number of hydrogen-bond acceptors (Lipinski definition) is 3. The Balaban J connectivity index is 1.68. The molecule has 23 heavy (non-hydrogen) atoms. The Morgan fingerprint density at radius 2 is 1.65 bits per heavy atom. The normalized spacial score (nSPS) is 10.7. The minimum atomic E-state index is -0.201. The highest BCUT2D eigenvalue weighted by molar-refractivity contribution is 6.30. The van der Waals surface area contributed by atoms with E-state index >= 15 is 0 Å². The van der Waals surface area contributed by atoms with Crippen LogP contribution in [0, 0.1) is 0 Å². The Hall–Kier alpha value is -2.52. The third-order valence-electron chi connectivity index (χ3n) is 3.56. The number of hydrogen-bond donors (Lipinski definition) is 0. The summed E-state index contributed by atoms with van der Waals surface area (Å²) in [6.07, 6.45) is 0.0281. The molecule has 3 rings (SSSR count). The number of para-hydroxylation sites is 1. The lowest BCUT2D eigenvalue weighted by atomic mass is 10.0. The molecule has 0 saturated heterocycles. The molecule has 3 nitrogen and oxygen atoms in total. The number of carbonyl (C=O) groups is 2. The van der Waals surface area contributed by atoms with E-state index in [4.69, 9.17) is 11.6 Å². The number of carbonyl (C=O) groups excluding carboxylic acids is 2. The number of nitrogens with zero attached hydrogens (tertiary/aromatic N) is 1. The molecule has 4 heteroatoms. The summed E-state index contributed by atoms with van der Waals surface area (Å²) in [5.41, 5.74) is 2.02. The molecule has 0 aliphatic rings. The summed E-state index contributed by atoms with van der Waals surface area (Å²) >= 11 is 5.79. The summed E-state index contributed by atoms with van der Waals surface area (Å²) in [6, 6.07) is 18.0. The van der Waals surface area contributed by atoms with Gasteiger partial charge in [0.25, 0.3) is 0 Å². The second-order valence-electron chi connectivity index (χ2n) is 5.32. The van der Waals surface area contributed by atoms with Crippen molar-refractivity contribution in [2.24, 2.45) is 0 Å². The molecule has 0 radical (unpaired) electrons. The van der Waals surface area contributed by atoms with Crippen LogP contribution in [0.5, 0.6) is 0 Å². The first-order chi connectivity index (χ1) is 11.1. The lowest BCUT2D eigenvalue weighted by Crippen LogP contribution is -2.11. The van der Waals surface area contributed by atoms with Crippen LogP contribution >= 0.6 is 11.6 Å². The van der Waals surface area contributed by atoms with Crippen LogP contribution in [0.1, 0.15) is 22.5 Å². The maximum absolute atomic E-state index is 12.1. The minimum absolute atomic E-state index is 0.129. The van der Waals surface area contributed by atoms with Gasteiger partial charge in [-0.05, 0) is 36.4 Å². The van der Waals surface area contributed by atoms with Gasteiger partial charge in [-0.3, -0.25) is 14.6 Å². The predicted octanol–water partition coefficient (Wildman–Crippen LogP) is 4.27. The molecule has 0 unspecified atom stereocenters. The average Bonchev–Trinajstić information content (AvgIpc) is 2.55. The van der Waals surface area contributed by atoms with Crippen molar-refractivity contribution in [3.8, 4) is 0 Å². The first-order valence-corrected chi connectivity index (χ1v) is 7.65. The molecule has 2 aromatic carbocycles. The minimum Gasteiger partial charge on any atom is -0.299 e. The second-order valence-corrected chi connectivity index (χ2v) is 5.75. The molecule has 0 fully saturated rings. The van der Waals surface area contributed by atoms with Gasteiger partial charge in [-0.25, -0.2) is 0 Å². The van der Waals surface area contributed by atoms with Crippen molar-refractivity contribution in [2.45, 2.75) is 12.8 Å². The zero-order valence-corrected chi connectivity index (χ0v) is 13.1. The fourth-order valence-corrected chi connectivity index (χ4v) is 2.51. The average molecular weight is 324 g/mol. The topological polar surface area (TPSA) is 47.0 Å². The number of aromatic nitrogens is 1. The Bertz CT molecular complexity index is 872. The highest BCUT2D eigenvalue weighted by Crippen LogP contribution is 2.14. The molecule has 0 aliphatic heterocycles. The molecule has 114 valence electrons. The molecule has 0 N–H and O–H groups in total. The summed E-state index contributed by atoms with van der Waals surface area (Å²) in [4.78, 5) is 28.7. The lowest BCUT2D eigenvalue weighted by molar-refractivity contribution is -0.117. The maximum Gasteiger partial charge on any atom is 0.170 e. The SMILES string of the molecule is O=C(CC(=O)c1ccc(Cl)cc1)Cc1ccc2ccccc2n1. The van der Waals surface area contributed by atoms with Gasteiger partial charge in [-0.1, -0.05) is 35.9 Å². The fraction of sp³-hybridized carbons (Fsp3) is 0.105. The number of rotatable bonds is 5. The summed E-state index contributed by atoms with van der Waals surface area (Å²) < 4.78 is 0. The van der Waals surface area contributed by atoms with Crippen molar-refractivity contribution in [1.82, 2.24) is 4.98 Å². The smallest absolute Gasteiger partial charge is 0.170 e. The van der Waals surface area contributed by atoms with E-state index in [1.165, 1.54) is 0 Å².